The Bertz CT molecular complexity index is 452. The number of nitrogens with zero attached hydrogens (tertiary/aromatic N) is 2. The van der Waals surface area contributed by atoms with Crippen molar-refractivity contribution in [2.24, 2.45) is 10.7 Å². The van der Waals surface area contributed by atoms with Crippen molar-refractivity contribution in [3.63, 3.8) is 0 Å². The van der Waals surface area contributed by atoms with E-state index < -0.39 is 0 Å². The lowest BCUT2D eigenvalue weighted by Gasteiger charge is -2.27. The maximum absolute atomic E-state index is 11.8. The first-order valence-electron chi connectivity index (χ1n) is 7.15. The minimum Gasteiger partial charge on any atom is -0.370 e. The van der Waals surface area contributed by atoms with Crippen LogP contribution < -0.4 is 11.1 Å². The second-order valence-electron chi connectivity index (χ2n) is 4.91. The molecule has 1 heterocycles. The van der Waals surface area contributed by atoms with Crippen molar-refractivity contribution in [3.8, 4) is 0 Å². The van der Waals surface area contributed by atoms with Gasteiger partial charge in [-0.3, -0.25) is 9.79 Å². The summed E-state index contributed by atoms with van der Waals surface area (Å²) in [6.45, 7) is 3.00. The van der Waals surface area contributed by atoms with Gasteiger partial charge in [0.2, 0.25) is 0 Å². The summed E-state index contributed by atoms with van der Waals surface area (Å²) in [7, 11) is 0. The molecule has 1 aromatic rings. The minimum atomic E-state index is -0.0719. The van der Waals surface area contributed by atoms with Gasteiger partial charge < -0.3 is 16.0 Å². The minimum absolute atomic E-state index is 0.0719. The van der Waals surface area contributed by atoms with Crippen LogP contribution in [0, 0.1) is 0 Å². The number of rotatable bonds is 4. The van der Waals surface area contributed by atoms with Crippen LogP contribution in [0.5, 0.6) is 0 Å². The van der Waals surface area contributed by atoms with Gasteiger partial charge in [-0.15, -0.1) is 0 Å². The molecule has 1 amide bonds. The second-order valence-corrected chi connectivity index (χ2v) is 4.91. The number of nitrogens with one attached hydrogen (secondary N) is 1. The van der Waals surface area contributed by atoms with E-state index in [2.05, 4.69) is 15.2 Å². The molecule has 1 aromatic carbocycles. The van der Waals surface area contributed by atoms with Gasteiger partial charge in [0.05, 0.1) is 6.54 Å². The van der Waals surface area contributed by atoms with Gasteiger partial charge in [0.1, 0.15) is 0 Å². The first-order chi connectivity index (χ1) is 9.77. The molecule has 1 fully saturated rings. The van der Waals surface area contributed by atoms with Crippen molar-refractivity contribution >= 4 is 11.9 Å². The fourth-order valence-electron chi connectivity index (χ4n) is 2.25. The number of hydrogen-bond donors (Lipinski definition) is 2. The van der Waals surface area contributed by atoms with Crippen LogP contribution in [0.25, 0.3) is 0 Å². The van der Waals surface area contributed by atoms with E-state index in [4.69, 9.17) is 5.73 Å². The molecular weight excluding hydrogens is 252 g/mol. The van der Waals surface area contributed by atoms with Crippen molar-refractivity contribution in [2.75, 3.05) is 26.2 Å². The fourth-order valence-corrected chi connectivity index (χ4v) is 2.25. The molecule has 5 nitrogen and oxygen atoms in total. The van der Waals surface area contributed by atoms with Gasteiger partial charge >= 0.3 is 0 Å². The Morgan fingerprint density at radius 2 is 1.90 bits per heavy atom. The lowest BCUT2D eigenvalue weighted by Crippen LogP contribution is -2.41. The van der Waals surface area contributed by atoms with Crippen molar-refractivity contribution < 1.29 is 4.79 Å². The second kappa shape index (κ2) is 7.53. The van der Waals surface area contributed by atoms with Gasteiger partial charge in [-0.25, -0.2) is 0 Å². The summed E-state index contributed by atoms with van der Waals surface area (Å²) in [5.74, 6) is 0.524. The Balaban J connectivity index is 1.71. The first-order valence-corrected chi connectivity index (χ1v) is 7.15. The molecule has 2 rings (SSSR count). The van der Waals surface area contributed by atoms with E-state index in [-0.39, 0.29) is 5.91 Å². The number of hydrogen-bond acceptors (Lipinski definition) is 2. The molecule has 0 atom stereocenters. The van der Waals surface area contributed by atoms with Crippen LogP contribution in [-0.2, 0) is 0 Å². The standard InChI is InChI=1S/C15H22N4O/c16-15(19-11-5-2-6-12-19)18-10-9-17-14(20)13-7-3-1-4-8-13/h1,3-4,7-8H,2,5-6,9-12H2,(H2,16,18)(H,17,20). The number of amides is 1. The van der Waals surface area contributed by atoms with Crippen LogP contribution in [0.15, 0.2) is 35.3 Å². The summed E-state index contributed by atoms with van der Waals surface area (Å²) in [5.41, 5.74) is 6.61. The maximum Gasteiger partial charge on any atom is 0.251 e. The molecule has 0 spiro atoms. The summed E-state index contributed by atoms with van der Waals surface area (Å²) < 4.78 is 0. The molecule has 3 N–H and O–H groups in total. The summed E-state index contributed by atoms with van der Waals surface area (Å²) in [5, 5.41) is 2.84. The Labute approximate surface area is 119 Å². The van der Waals surface area contributed by atoms with Gasteiger partial charge in [0, 0.05) is 25.2 Å². The highest BCUT2D eigenvalue weighted by atomic mass is 16.1. The normalized spacial score (nSPS) is 16.0. The van der Waals surface area contributed by atoms with Crippen molar-refractivity contribution in [1.29, 1.82) is 0 Å². The molecule has 1 saturated heterocycles. The monoisotopic (exact) mass is 274 g/mol. The molecule has 0 radical (unpaired) electrons. The molecule has 108 valence electrons. The summed E-state index contributed by atoms with van der Waals surface area (Å²) in [4.78, 5) is 18.2. The van der Waals surface area contributed by atoms with E-state index in [0.717, 1.165) is 13.1 Å². The van der Waals surface area contributed by atoms with Gasteiger partial charge in [0.25, 0.3) is 5.91 Å². The highest BCUT2D eigenvalue weighted by Crippen LogP contribution is 2.07. The highest BCUT2D eigenvalue weighted by molar-refractivity contribution is 5.94. The van der Waals surface area contributed by atoms with E-state index in [1.165, 1.54) is 19.3 Å². The number of benzene rings is 1. The van der Waals surface area contributed by atoms with Gasteiger partial charge in [-0.05, 0) is 31.4 Å². The van der Waals surface area contributed by atoms with E-state index in [1.54, 1.807) is 12.1 Å². The van der Waals surface area contributed by atoms with Gasteiger partial charge in [0.15, 0.2) is 5.96 Å². The predicted octanol–water partition coefficient (Wildman–Crippen LogP) is 1.22. The number of guanidine groups is 1. The summed E-state index contributed by atoms with van der Waals surface area (Å²) >= 11 is 0. The summed E-state index contributed by atoms with van der Waals surface area (Å²) in [6.07, 6.45) is 3.64. The molecule has 1 aliphatic heterocycles. The first kappa shape index (κ1) is 14.4. The average molecular weight is 274 g/mol. The van der Waals surface area contributed by atoms with Crippen LogP contribution >= 0.6 is 0 Å². The topological polar surface area (TPSA) is 70.7 Å². The zero-order valence-electron chi connectivity index (χ0n) is 11.7. The molecule has 0 bridgehead atoms. The Hall–Kier alpha value is -2.04. The van der Waals surface area contributed by atoms with Crippen LogP contribution in [-0.4, -0.2) is 42.9 Å². The van der Waals surface area contributed by atoms with Crippen LogP contribution in [0.4, 0.5) is 0 Å². The number of carbonyl (C=O) groups is 1. The molecule has 0 saturated carbocycles. The van der Waals surface area contributed by atoms with Gasteiger partial charge in [-0.1, -0.05) is 18.2 Å². The predicted molar refractivity (Wildman–Crippen MR) is 80.7 cm³/mol. The SMILES string of the molecule is NC(=NCCNC(=O)c1ccccc1)N1CCCCC1. The number of likely N-dealkylation sites (tertiary alicyclic amines) is 1. The van der Waals surface area contributed by atoms with Crippen molar-refractivity contribution in [3.05, 3.63) is 35.9 Å². The smallest absolute Gasteiger partial charge is 0.251 e. The highest BCUT2D eigenvalue weighted by Gasteiger charge is 2.11. The molecule has 20 heavy (non-hydrogen) atoms. The number of piperidine rings is 1. The van der Waals surface area contributed by atoms with Crippen LogP contribution in [0.3, 0.4) is 0 Å². The number of nitrogens with two attached hydrogens (primary N) is 1. The van der Waals surface area contributed by atoms with Crippen molar-refractivity contribution in [1.82, 2.24) is 10.2 Å². The van der Waals surface area contributed by atoms with E-state index >= 15 is 0 Å². The molecular formula is C15H22N4O. The zero-order valence-corrected chi connectivity index (χ0v) is 11.7. The molecule has 0 aromatic heterocycles. The molecule has 1 aliphatic rings. The molecule has 5 heteroatoms. The average Bonchev–Trinajstić information content (AvgIpc) is 2.53. The number of carbonyl (C=O) groups excluding carboxylic acids is 1. The summed E-state index contributed by atoms with van der Waals surface area (Å²) in [6, 6.07) is 9.17. The number of aliphatic imine (C=N–C) groups is 1. The van der Waals surface area contributed by atoms with Crippen LogP contribution in [0.1, 0.15) is 29.6 Å². The largest absolute Gasteiger partial charge is 0.370 e. The Morgan fingerprint density at radius 3 is 2.60 bits per heavy atom. The lowest BCUT2D eigenvalue weighted by atomic mass is 10.1. The van der Waals surface area contributed by atoms with Crippen LogP contribution in [0.2, 0.25) is 0 Å². The van der Waals surface area contributed by atoms with Crippen molar-refractivity contribution in [2.45, 2.75) is 19.3 Å². The van der Waals surface area contributed by atoms with Gasteiger partial charge in [-0.2, -0.15) is 0 Å². The molecule has 0 aliphatic carbocycles. The Morgan fingerprint density at radius 1 is 1.20 bits per heavy atom. The third-order valence-electron chi connectivity index (χ3n) is 3.39. The quantitative estimate of drug-likeness (QED) is 0.492. The Kier molecular flexibility index (Phi) is 5.41. The third kappa shape index (κ3) is 4.26. The zero-order chi connectivity index (χ0) is 14.2. The fraction of sp³-hybridized carbons (Fsp3) is 0.467. The van der Waals surface area contributed by atoms with E-state index in [1.807, 2.05) is 18.2 Å². The van der Waals surface area contributed by atoms with E-state index in [0.29, 0.717) is 24.6 Å². The van der Waals surface area contributed by atoms with E-state index in [9.17, 15) is 4.79 Å². The maximum atomic E-state index is 11.8. The molecule has 0 unspecified atom stereocenters. The third-order valence-corrected chi connectivity index (χ3v) is 3.39. The lowest BCUT2D eigenvalue weighted by molar-refractivity contribution is 0.0955.